The normalized spacial score (nSPS) is 16.5. The summed E-state index contributed by atoms with van der Waals surface area (Å²) < 4.78 is 0. The van der Waals surface area contributed by atoms with Gasteiger partial charge in [-0.15, -0.1) is 23.1 Å². The molecule has 2 heterocycles. The maximum absolute atomic E-state index is 12.3. The van der Waals surface area contributed by atoms with Crippen LogP contribution in [0.2, 0.25) is 0 Å². The van der Waals surface area contributed by atoms with Crippen LogP contribution in [0.3, 0.4) is 0 Å². The highest BCUT2D eigenvalue weighted by Gasteiger charge is 2.33. The molecule has 0 unspecified atom stereocenters. The van der Waals surface area contributed by atoms with Gasteiger partial charge in [0, 0.05) is 34.0 Å². The number of carbonyl (C=O) groups is 1. The van der Waals surface area contributed by atoms with Crippen molar-refractivity contribution in [1.82, 2.24) is 5.32 Å². The molecule has 8 heteroatoms. The van der Waals surface area contributed by atoms with Crippen LogP contribution in [0.4, 0.5) is 5.69 Å². The number of hydrogen-bond donors (Lipinski definition) is 1. The van der Waals surface area contributed by atoms with Crippen molar-refractivity contribution in [2.24, 2.45) is 0 Å². The molecule has 0 radical (unpaired) electrons. The minimum absolute atomic E-state index is 0.0376. The van der Waals surface area contributed by atoms with Crippen molar-refractivity contribution in [1.29, 1.82) is 5.26 Å². The maximum Gasteiger partial charge on any atom is 0.269 e. The average molecular weight is 412 g/mol. The number of rotatable bonds is 6. The number of thioether (sulfide) groups is 1. The van der Waals surface area contributed by atoms with Crippen LogP contribution in [0, 0.1) is 21.4 Å². The van der Waals surface area contributed by atoms with Gasteiger partial charge in [-0.1, -0.05) is 18.2 Å². The predicted molar refractivity (Wildman–Crippen MR) is 111 cm³/mol. The molecule has 0 aliphatic carbocycles. The fourth-order valence-electron chi connectivity index (χ4n) is 3.15. The molecule has 0 bridgehead atoms. The molecule has 1 aromatic heterocycles. The van der Waals surface area contributed by atoms with Crippen LogP contribution in [0.5, 0.6) is 0 Å². The number of dihydropyridines is 1. The van der Waals surface area contributed by atoms with E-state index in [-0.39, 0.29) is 11.5 Å². The molecule has 0 fully saturated rings. The van der Waals surface area contributed by atoms with Gasteiger partial charge in [0.15, 0.2) is 5.78 Å². The van der Waals surface area contributed by atoms with Gasteiger partial charge in [0.2, 0.25) is 0 Å². The monoisotopic (exact) mass is 411 g/mol. The summed E-state index contributed by atoms with van der Waals surface area (Å²) >= 11 is 2.91. The number of nitrogens with zero attached hydrogens (tertiary/aromatic N) is 2. The third kappa shape index (κ3) is 4.01. The molecule has 0 saturated carbocycles. The van der Waals surface area contributed by atoms with E-state index >= 15 is 0 Å². The van der Waals surface area contributed by atoms with Crippen LogP contribution in [0.15, 0.2) is 63.7 Å². The van der Waals surface area contributed by atoms with E-state index in [0.717, 1.165) is 16.1 Å². The number of nitrogens with one attached hydrogen (secondary N) is 1. The van der Waals surface area contributed by atoms with Gasteiger partial charge in [-0.05, 0) is 30.9 Å². The fraction of sp³-hybridized carbons (Fsp3) is 0.200. The minimum atomic E-state index is -0.425. The summed E-state index contributed by atoms with van der Waals surface area (Å²) in [4.78, 5) is 23.8. The maximum atomic E-state index is 12.3. The van der Waals surface area contributed by atoms with Crippen molar-refractivity contribution in [3.05, 3.63) is 84.2 Å². The Kier molecular flexibility index (Phi) is 5.97. The van der Waals surface area contributed by atoms with Crippen LogP contribution in [-0.2, 0) is 10.5 Å². The minimum Gasteiger partial charge on any atom is -0.353 e. The molecule has 3 rings (SSSR count). The van der Waals surface area contributed by atoms with Crippen LogP contribution in [-0.4, -0.2) is 10.7 Å². The molecule has 1 N–H and O–H groups in total. The molecular formula is C20H17N3O3S2. The number of ketones is 1. The zero-order valence-corrected chi connectivity index (χ0v) is 16.9. The molecule has 1 aromatic carbocycles. The Balaban J connectivity index is 1.94. The summed E-state index contributed by atoms with van der Waals surface area (Å²) in [5, 5.41) is 26.6. The van der Waals surface area contributed by atoms with Crippen molar-refractivity contribution in [3.8, 4) is 6.07 Å². The molecule has 1 aliphatic rings. The van der Waals surface area contributed by atoms with E-state index in [1.165, 1.54) is 42.2 Å². The molecule has 0 amide bonds. The van der Waals surface area contributed by atoms with Gasteiger partial charge >= 0.3 is 0 Å². The SMILES string of the molecule is CC(=O)C1=C(C)NC(SCc2cccc([N+](=O)[O-])c2)=C(C#N)[C@@H]1c1cccs1. The van der Waals surface area contributed by atoms with Crippen LogP contribution in [0.1, 0.15) is 30.2 Å². The fourth-order valence-corrected chi connectivity index (χ4v) is 5.03. The summed E-state index contributed by atoms with van der Waals surface area (Å²) in [6.07, 6.45) is 0. The van der Waals surface area contributed by atoms with E-state index < -0.39 is 10.8 Å². The second-order valence-electron chi connectivity index (χ2n) is 6.24. The Hall–Kier alpha value is -2.89. The van der Waals surface area contributed by atoms with Gasteiger partial charge in [0.25, 0.3) is 5.69 Å². The van der Waals surface area contributed by atoms with Crippen LogP contribution < -0.4 is 5.32 Å². The number of nitro groups is 1. The molecular weight excluding hydrogens is 394 g/mol. The Morgan fingerprint density at radius 1 is 1.39 bits per heavy atom. The van der Waals surface area contributed by atoms with Crippen LogP contribution in [0.25, 0.3) is 0 Å². The standard InChI is InChI=1S/C20H17N3O3S2/c1-12-18(13(2)24)19(17-7-4-8-27-17)16(10-21)20(22-12)28-11-14-5-3-6-15(9-14)23(25)26/h3-9,19,22H,11H2,1-2H3/t19-/m1/s1. The van der Waals surface area contributed by atoms with Crippen molar-refractivity contribution >= 4 is 34.6 Å². The lowest BCUT2D eigenvalue weighted by atomic mass is 9.85. The lowest BCUT2D eigenvalue weighted by molar-refractivity contribution is -0.384. The van der Waals surface area contributed by atoms with Crippen molar-refractivity contribution in [3.63, 3.8) is 0 Å². The number of hydrogen-bond acceptors (Lipinski definition) is 7. The highest BCUT2D eigenvalue weighted by Crippen LogP contribution is 2.42. The first-order valence-corrected chi connectivity index (χ1v) is 10.3. The van der Waals surface area contributed by atoms with E-state index in [4.69, 9.17) is 0 Å². The molecule has 142 valence electrons. The summed E-state index contributed by atoms with van der Waals surface area (Å²) in [5.41, 5.74) is 2.65. The zero-order chi connectivity index (χ0) is 20.3. The lowest BCUT2D eigenvalue weighted by Crippen LogP contribution is -2.26. The molecule has 2 aromatic rings. The number of nitro benzene ring substituents is 1. The van der Waals surface area contributed by atoms with Gasteiger partial charge in [0.1, 0.15) is 0 Å². The van der Waals surface area contributed by atoms with Crippen LogP contribution >= 0.6 is 23.1 Å². The van der Waals surface area contributed by atoms with Crippen molar-refractivity contribution < 1.29 is 9.72 Å². The van der Waals surface area contributed by atoms with Crippen molar-refractivity contribution in [2.45, 2.75) is 25.5 Å². The Bertz CT molecular complexity index is 1030. The van der Waals surface area contributed by atoms with Gasteiger partial charge in [-0.2, -0.15) is 5.26 Å². The second-order valence-corrected chi connectivity index (χ2v) is 8.20. The number of non-ortho nitro benzene ring substituents is 1. The molecule has 0 saturated heterocycles. The smallest absolute Gasteiger partial charge is 0.269 e. The van der Waals surface area contributed by atoms with E-state index in [1.807, 2.05) is 30.5 Å². The average Bonchev–Trinajstić information content (AvgIpc) is 3.20. The third-order valence-corrected chi connectivity index (χ3v) is 6.38. The van der Waals surface area contributed by atoms with Gasteiger partial charge in [-0.3, -0.25) is 14.9 Å². The van der Waals surface area contributed by atoms with Crippen molar-refractivity contribution in [2.75, 3.05) is 0 Å². The molecule has 1 aliphatic heterocycles. The van der Waals surface area contributed by atoms with Gasteiger partial charge in [0.05, 0.1) is 27.5 Å². The highest BCUT2D eigenvalue weighted by molar-refractivity contribution is 8.02. The number of Topliss-reactive ketones (excluding diaryl/α,β-unsaturated/α-hetero) is 1. The number of allylic oxidation sites excluding steroid dienone is 3. The third-order valence-electron chi connectivity index (χ3n) is 4.36. The first-order valence-electron chi connectivity index (χ1n) is 8.45. The summed E-state index contributed by atoms with van der Waals surface area (Å²) in [5.74, 6) is 0.00456. The zero-order valence-electron chi connectivity index (χ0n) is 15.3. The molecule has 28 heavy (non-hydrogen) atoms. The molecule has 0 spiro atoms. The predicted octanol–water partition coefficient (Wildman–Crippen LogP) is 4.87. The second kappa shape index (κ2) is 8.42. The Labute approximate surface area is 170 Å². The van der Waals surface area contributed by atoms with E-state index in [1.54, 1.807) is 6.07 Å². The highest BCUT2D eigenvalue weighted by atomic mass is 32.2. The molecule has 1 atom stereocenters. The summed E-state index contributed by atoms with van der Waals surface area (Å²) in [7, 11) is 0. The largest absolute Gasteiger partial charge is 0.353 e. The molecule has 6 nitrogen and oxygen atoms in total. The van der Waals surface area contributed by atoms with E-state index in [9.17, 15) is 20.2 Å². The first kappa shape index (κ1) is 19.9. The van der Waals surface area contributed by atoms with Gasteiger partial charge < -0.3 is 5.32 Å². The van der Waals surface area contributed by atoms with E-state index in [2.05, 4.69) is 11.4 Å². The number of carbonyl (C=O) groups excluding carboxylic acids is 1. The number of thiophene rings is 1. The Morgan fingerprint density at radius 3 is 2.79 bits per heavy atom. The Morgan fingerprint density at radius 2 is 2.18 bits per heavy atom. The quantitative estimate of drug-likeness (QED) is 0.538. The summed E-state index contributed by atoms with van der Waals surface area (Å²) in [6, 6.07) is 12.5. The summed E-state index contributed by atoms with van der Waals surface area (Å²) in [6.45, 7) is 3.34. The number of nitriles is 1. The lowest BCUT2D eigenvalue weighted by Gasteiger charge is -2.28. The topological polar surface area (TPSA) is 96.0 Å². The van der Waals surface area contributed by atoms with E-state index in [0.29, 0.717) is 21.9 Å². The van der Waals surface area contributed by atoms with Gasteiger partial charge in [-0.25, -0.2) is 0 Å². The number of benzene rings is 1. The first-order chi connectivity index (χ1) is 13.4.